The van der Waals surface area contributed by atoms with Gasteiger partial charge in [0.1, 0.15) is 0 Å². The zero-order chi connectivity index (χ0) is 12.0. The van der Waals surface area contributed by atoms with E-state index in [1.807, 2.05) is 0 Å². The molecule has 0 aliphatic carbocycles. The minimum atomic E-state index is -0.715. The fourth-order valence-corrected chi connectivity index (χ4v) is 2.22. The van der Waals surface area contributed by atoms with Crippen molar-refractivity contribution in [2.24, 2.45) is 5.92 Å². The van der Waals surface area contributed by atoms with Crippen LogP contribution in [0.3, 0.4) is 0 Å². The van der Waals surface area contributed by atoms with Crippen molar-refractivity contribution in [2.75, 3.05) is 13.2 Å². The zero-order valence-corrected chi connectivity index (χ0v) is 10.2. The summed E-state index contributed by atoms with van der Waals surface area (Å²) in [6.45, 7) is 5.96. The van der Waals surface area contributed by atoms with Gasteiger partial charge in [0.25, 0.3) is 0 Å². The van der Waals surface area contributed by atoms with Crippen molar-refractivity contribution in [3.8, 4) is 0 Å². The molecule has 1 aliphatic heterocycles. The molecule has 1 rings (SSSR count). The highest BCUT2D eigenvalue weighted by Crippen LogP contribution is 2.19. The van der Waals surface area contributed by atoms with Crippen molar-refractivity contribution in [2.45, 2.75) is 51.6 Å². The van der Waals surface area contributed by atoms with Gasteiger partial charge in [0.2, 0.25) is 0 Å². The first-order valence-corrected chi connectivity index (χ1v) is 6.15. The van der Waals surface area contributed by atoms with Gasteiger partial charge < -0.3 is 15.2 Å². The van der Waals surface area contributed by atoms with Gasteiger partial charge >= 0.3 is 5.97 Å². The van der Waals surface area contributed by atoms with E-state index in [4.69, 9.17) is 9.84 Å². The van der Waals surface area contributed by atoms with Crippen LogP contribution in [0.4, 0.5) is 0 Å². The van der Waals surface area contributed by atoms with Gasteiger partial charge in [-0.3, -0.25) is 4.79 Å². The number of hydrogen-bond donors (Lipinski definition) is 2. The second-order valence-electron chi connectivity index (χ2n) is 4.74. The Morgan fingerprint density at radius 3 is 2.62 bits per heavy atom. The molecular formula is C12H23NO3. The Hall–Kier alpha value is -0.610. The lowest BCUT2D eigenvalue weighted by Crippen LogP contribution is -2.41. The lowest BCUT2D eigenvalue weighted by Gasteiger charge is -2.30. The van der Waals surface area contributed by atoms with E-state index < -0.39 is 5.97 Å². The first-order chi connectivity index (χ1) is 7.59. The largest absolute Gasteiger partial charge is 0.481 e. The molecule has 2 atom stereocenters. The van der Waals surface area contributed by atoms with Gasteiger partial charge in [-0.05, 0) is 39.0 Å². The van der Waals surface area contributed by atoms with E-state index in [1.54, 1.807) is 0 Å². The summed E-state index contributed by atoms with van der Waals surface area (Å²) in [5.41, 5.74) is 0. The molecule has 1 aliphatic rings. The van der Waals surface area contributed by atoms with Crippen molar-refractivity contribution in [1.82, 2.24) is 5.32 Å². The first kappa shape index (κ1) is 13.5. The average molecular weight is 229 g/mol. The van der Waals surface area contributed by atoms with Crippen LogP contribution in [0.25, 0.3) is 0 Å². The molecule has 0 aromatic carbocycles. The summed E-state index contributed by atoms with van der Waals surface area (Å²) in [6.07, 6.45) is 3.16. The van der Waals surface area contributed by atoms with E-state index in [-0.39, 0.29) is 12.5 Å². The van der Waals surface area contributed by atoms with Gasteiger partial charge in [0.15, 0.2) is 0 Å². The monoisotopic (exact) mass is 229 g/mol. The van der Waals surface area contributed by atoms with Crippen LogP contribution in [0.15, 0.2) is 0 Å². The topological polar surface area (TPSA) is 58.6 Å². The normalized spacial score (nSPS) is 21.6. The number of nitrogens with one attached hydrogen (secondary N) is 1. The Morgan fingerprint density at radius 1 is 1.44 bits per heavy atom. The number of aliphatic carboxylic acids is 1. The SMILES string of the molecule is CC(CCC(=O)O)NC(C)C1CCOCC1. The predicted molar refractivity (Wildman–Crippen MR) is 62.5 cm³/mol. The third-order valence-electron chi connectivity index (χ3n) is 3.31. The molecule has 94 valence electrons. The second-order valence-corrected chi connectivity index (χ2v) is 4.74. The Bertz CT molecular complexity index is 214. The summed E-state index contributed by atoms with van der Waals surface area (Å²) in [7, 11) is 0. The smallest absolute Gasteiger partial charge is 0.303 e. The summed E-state index contributed by atoms with van der Waals surface area (Å²) in [4.78, 5) is 10.4. The Kier molecular flexibility index (Phi) is 5.77. The van der Waals surface area contributed by atoms with Gasteiger partial charge in [-0.25, -0.2) is 0 Å². The number of hydrogen-bond acceptors (Lipinski definition) is 3. The minimum Gasteiger partial charge on any atom is -0.481 e. The molecule has 1 fully saturated rings. The maximum atomic E-state index is 10.4. The van der Waals surface area contributed by atoms with E-state index in [1.165, 1.54) is 0 Å². The molecule has 1 heterocycles. The number of ether oxygens (including phenoxy) is 1. The van der Waals surface area contributed by atoms with Crippen LogP contribution in [0.1, 0.15) is 39.5 Å². The van der Waals surface area contributed by atoms with Crippen LogP contribution in [-0.4, -0.2) is 36.4 Å². The highest BCUT2D eigenvalue weighted by Gasteiger charge is 2.21. The first-order valence-electron chi connectivity index (χ1n) is 6.15. The van der Waals surface area contributed by atoms with Crippen LogP contribution in [0.2, 0.25) is 0 Å². The summed E-state index contributed by atoms with van der Waals surface area (Å²) in [5, 5.41) is 12.1. The van der Waals surface area contributed by atoms with Gasteiger partial charge in [-0.1, -0.05) is 0 Å². The van der Waals surface area contributed by atoms with Crippen LogP contribution in [0.5, 0.6) is 0 Å². The summed E-state index contributed by atoms with van der Waals surface area (Å²) >= 11 is 0. The fourth-order valence-electron chi connectivity index (χ4n) is 2.22. The molecule has 0 spiro atoms. The molecule has 0 bridgehead atoms. The highest BCUT2D eigenvalue weighted by atomic mass is 16.5. The lowest BCUT2D eigenvalue weighted by molar-refractivity contribution is -0.137. The zero-order valence-electron chi connectivity index (χ0n) is 10.2. The van der Waals surface area contributed by atoms with E-state index in [9.17, 15) is 4.79 Å². The molecule has 4 nitrogen and oxygen atoms in total. The lowest BCUT2D eigenvalue weighted by atomic mass is 9.92. The van der Waals surface area contributed by atoms with Gasteiger partial charge in [-0.2, -0.15) is 0 Å². The van der Waals surface area contributed by atoms with Gasteiger partial charge in [0.05, 0.1) is 0 Å². The van der Waals surface area contributed by atoms with Crippen molar-refractivity contribution < 1.29 is 14.6 Å². The van der Waals surface area contributed by atoms with Crippen molar-refractivity contribution >= 4 is 5.97 Å². The Balaban J connectivity index is 2.21. The van der Waals surface area contributed by atoms with E-state index in [2.05, 4.69) is 19.2 Å². The molecule has 2 unspecified atom stereocenters. The van der Waals surface area contributed by atoms with E-state index in [0.717, 1.165) is 26.1 Å². The molecular weight excluding hydrogens is 206 g/mol. The van der Waals surface area contributed by atoms with Crippen LogP contribution in [-0.2, 0) is 9.53 Å². The van der Waals surface area contributed by atoms with E-state index in [0.29, 0.717) is 18.4 Å². The van der Waals surface area contributed by atoms with Crippen molar-refractivity contribution in [3.63, 3.8) is 0 Å². The molecule has 4 heteroatoms. The maximum Gasteiger partial charge on any atom is 0.303 e. The molecule has 2 N–H and O–H groups in total. The van der Waals surface area contributed by atoms with E-state index >= 15 is 0 Å². The van der Waals surface area contributed by atoms with Crippen LogP contribution >= 0.6 is 0 Å². The molecule has 0 aromatic heterocycles. The summed E-state index contributed by atoms with van der Waals surface area (Å²) in [6, 6.07) is 0.724. The third-order valence-corrected chi connectivity index (χ3v) is 3.31. The molecule has 1 saturated heterocycles. The highest BCUT2D eigenvalue weighted by molar-refractivity contribution is 5.66. The minimum absolute atomic E-state index is 0.245. The third kappa shape index (κ3) is 4.94. The van der Waals surface area contributed by atoms with Gasteiger partial charge in [-0.15, -0.1) is 0 Å². The number of rotatable bonds is 6. The molecule has 16 heavy (non-hydrogen) atoms. The Morgan fingerprint density at radius 2 is 2.06 bits per heavy atom. The van der Waals surface area contributed by atoms with Crippen LogP contribution < -0.4 is 5.32 Å². The summed E-state index contributed by atoms with van der Waals surface area (Å²) in [5.74, 6) is -0.0478. The quantitative estimate of drug-likeness (QED) is 0.727. The number of carboxylic acids is 1. The predicted octanol–water partition coefficient (Wildman–Crippen LogP) is 1.64. The number of carboxylic acid groups (broad SMARTS) is 1. The Labute approximate surface area is 97.4 Å². The molecule has 0 aromatic rings. The number of carbonyl (C=O) groups is 1. The van der Waals surface area contributed by atoms with Crippen molar-refractivity contribution in [3.05, 3.63) is 0 Å². The van der Waals surface area contributed by atoms with Crippen LogP contribution in [0, 0.1) is 5.92 Å². The molecule has 0 saturated carbocycles. The molecule has 0 radical (unpaired) electrons. The summed E-state index contributed by atoms with van der Waals surface area (Å²) < 4.78 is 5.33. The van der Waals surface area contributed by atoms with Gasteiger partial charge in [0, 0.05) is 31.7 Å². The van der Waals surface area contributed by atoms with Crippen molar-refractivity contribution in [1.29, 1.82) is 0 Å². The fraction of sp³-hybridized carbons (Fsp3) is 0.917. The second kappa shape index (κ2) is 6.86. The average Bonchev–Trinajstić information content (AvgIpc) is 2.27. The maximum absolute atomic E-state index is 10.4. The molecule has 0 amide bonds. The standard InChI is InChI=1S/C12H23NO3/c1-9(3-4-12(14)15)13-10(2)11-5-7-16-8-6-11/h9-11,13H,3-8H2,1-2H3,(H,14,15).